The fourth-order valence-corrected chi connectivity index (χ4v) is 1.34. The first-order valence-electron chi connectivity index (χ1n) is 4.18. The number of aromatic hydroxyl groups is 1. The molecule has 0 saturated carbocycles. The van der Waals surface area contributed by atoms with Crippen molar-refractivity contribution in [1.82, 2.24) is 5.48 Å². The van der Waals surface area contributed by atoms with E-state index in [1.54, 1.807) is 12.1 Å². The molecule has 5 nitrogen and oxygen atoms in total. The van der Waals surface area contributed by atoms with E-state index < -0.39 is 12.1 Å². The van der Waals surface area contributed by atoms with Gasteiger partial charge in [0, 0.05) is 0 Å². The average Bonchev–Trinajstić information content (AvgIpc) is 2.50. The van der Waals surface area contributed by atoms with Crippen LogP contribution in [-0.4, -0.2) is 17.1 Å². The largest absolute Gasteiger partial charge is 0.508 e. The van der Waals surface area contributed by atoms with Crippen LogP contribution in [0.3, 0.4) is 0 Å². The molecule has 0 bridgehead atoms. The third-order valence-electron chi connectivity index (χ3n) is 2.14. The van der Waals surface area contributed by atoms with Crippen LogP contribution in [0.15, 0.2) is 24.3 Å². The molecule has 4 N–H and O–H groups in total. The zero-order valence-electron chi connectivity index (χ0n) is 7.31. The number of hydrogen-bond donors (Lipinski definition) is 3. The van der Waals surface area contributed by atoms with E-state index in [0.717, 1.165) is 5.56 Å². The summed E-state index contributed by atoms with van der Waals surface area (Å²) in [5, 5.41) is 9.06. The first-order valence-corrected chi connectivity index (χ1v) is 4.18. The maximum Gasteiger partial charge on any atom is 0.263 e. The molecule has 1 saturated heterocycles. The molecule has 74 valence electrons. The summed E-state index contributed by atoms with van der Waals surface area (Å²) in [7, 11) is 0. The van der Waals surface area contributed by atoms with E-state index in [0.29, 0.717) is 0 Å². The number of phenolic OH excluding ortho intramolecular Hbond substituents is 1. The second-order valence-corrected chi connectivity index (χ2v) is 3.12. The average molecular weight is 194 g/mol. The van der Waals surface area contributed by atoms with Crippen LogP contribution >= 0.6 is 0 Å². The highest BCUT2D eigenvalue weighted by molar-refractivity contribution is 5.83. The van der Waals surface area contributed by atoms with E-state index in [4.69, 9.17) is 15.7 Å². The predicted molar refractivity (Wildman–Crippen MR) is 48.1 cm³/mol. The van der Waals surface area contributed by atoms with Gasteiger partial charge in [0.2, 0.25) is 0 Å². The number of hydroxylamine groups is 1. The lowest BCUT2D eigenvalue weighted by Crippen LogP contribution is -2.33. The zero-order valence-corrected chi connectivity index (χ0v) is 7.31. The van der Waals surface area contributed by atoms with Crippen LogP contribution in [0.2, 0.25) is 0 Å². The zero-order chi connectivity index (χ0) is 10.1. The van der Waals surface area contributed by atoms with E-state index in [1.165, 1.54) is 12.1 Å². The highest BCUT2D eigenvalue weighted by Crippen LogP contribution is 2.24. The molecule has 0 spiro atoms. The molecule has 2 atom stereocenters. The maximum absolute atomic E-state index is 11.0. The summed E-state index contributed by atoms with van der Waals surface area (Å²) in [5.74, 6) is -0.164. The van der Waals surface area contributed by atoms with Crippen molar-refractivity contribution >= 4 is 5.91 Å². The van der Waals surface area contributed by atoms with E-state index in [9.17, 15) is 4.79 Å². The van der Waals surface area contributed by atoms with Gasteiger partial charge in [-0.2, -0.15) is 0 Å². The molecule has 1 aliphatic heterocycles. The lowest BCUT2D eigenvalue weighted by atomic mass is 10.0. The van der Waals surface area contributed by atoms with E-state index >= 15 is 0 Å². The Balaban J connectivity index is 2.23. The van der Waals surface area contributed by atoms with Gasteiger partial charge in [-0.05, 0) is 17.7 Å². The van der Waals surface area contributed by atoms with Gasteiger partial charge < -0.3 is 10.8 Å². The molecule has 1 amide bonds. The molecule has 5 heteroatoms. The molecular weight excluding hydrogens is 184 g/mol. The Hall–Kier alpha value is -1.59. The fourth-order valence-electron chi connectivity index (χ4n) is 1.34. The number of amides is 1. The van der Waals surface area contributed by atoms with Crippen LogP contribution in [-0.2, 0) is 9.63 Å². The van der Waals surface area contributed by atoms with Gasteiger partial charge in [-0.3, -0.25) is 9.63 Å². The predicted octanol–water partition coefficient (Wildman–Crippen LogP) is -0.178. The summed E-state index contributed by atoms with van der Waals surface area (Å²) >= 11 is 0. The lowest BCUT2D eigenvalue weighted by Gasteiger charge is -2.10. The molecular formula is C9H10N2O3. The van der Waals surface area contributed by atoms with Crippen molar-refractivity contribution in [3.63, 3.8) is 0 Å². The topological polar surface area (TPSA) is 84.6 Å². The van der Waals surface area contributed by atoms with Crippen LogP contribution in [0.4, 0.5) is 0 Å². The number of carbonyl (C=O) groups excluding carboxylic acids is 1. The molecule has 0 aromatic heterocycles. The van der Waals surface area contributed by atoms with Crippen LogP contribution < -0.4 is 11.2 Å². The van der Waals surface area contributed by atoms with Gasteiger partial charge in [0.25, 0.3) is 5.91 Å². The summed E-state index contributed by atoms with van der Waals surface area (Å²) in [4.78, 5) is 16.0. The molecule has 14 heavy (non-hydrogen) atoms. The van der Waals surface area contributed by atoms with Gasteiger partial charge in [-0.15, -0.1) is 0 Å². The summed E-state index contributed by atoms with van der Waals surface area (Å²) in [6, 6.07) is 5.68. The number of carbonyl (C=O) groups is 1. The Bertz CT molecular complexity index is 350. The molecule has 1 fully saturated rings. The van der Waals surface area contributed by atoms with Crippen molar-refractivity contribution in [3.8, 4) is 5.75 Å². The summed E-state index contributed by atoms with van der Waals surface area (Å²) in [6.45, 7) is 0. The Morgan fingerprint density at radius 1 is 1.36 bits per heavy atom. The number of nitrogens with one attached hydrogen (secondary N) is 1. The molecule has 0 aliphatic carbocycles. The summed E-state index contributed by atoms with van der Waals surface area (Å²) in [5.41, 5.74) is 8.56. The minimum atomic E-state index is -0.695. The maximum atomic E-state index is 11.0. The van der Waals surface area contributed by atoms with E-state index in [2.05, 4.69) is 5.48 Å². The van der Waals surface area contributed by atoms with Gasteiger partial charge in [0.15, 0.2) is 0 Å². The van der Waals surface area contributed by atoms with Gasteiger partial charge >= 0.3 is 0 Å². The van der Waals surface area contributed by atoms with Crippen molar-refractivity contribution in [2.24, 2.45) is 5.73 Å². The second-order valence-electron chi connectivity index (χ2n) is 3.12. The summed E-state index contributed by atoms with van der Waals surface area (Å²) in [6.07, 6.45) is -0.483. The Labute approximate surface area is 80.4 Å². The third kappa shape index (κ3) is 1.43. The van der Waals surface area contributed by atoms with Gasteiger partial charge in [-0.1, -0.05) is 12.1 Å². The number of nitrogens with two attached hydrogens (primary N) is 1. The molecule has 1 aromatic rings. The standard InChI is InChI=1S/C9H10N2O3/c10-7-8(14-11-9(7)13)5-1-3-6(12)4-2-5/h1-4,7-8,12H,10H2,(H,11,13). The van der Waals surface area contributed by atoms with Crippen LogP contribution in [0.5, 0.6) is 5.75 Å². The fraction of sp³-hybridized carbons (Fsp3) is 0.222. The molecule has 1 aromatic carbocycles. The highest BCUT2D eigenvalue weighted by atomic mass is 16.7. The third-order valence-corrected chi connectivity index (χ3v) is 2.14. The number of hydrogen-bond acceptors (Lipinski definition) is 4. The SMILES string of the molecule is NC1C(=O)NOC1c1ccc(O)cc1. The smallest absolute Gasteiger partial charge is 0.263 e. The number of phenols is 1. The molecule has 2 rings (SSSR count). The molecule has 2 unspecified atom stereocenters. The van der Waals surface area contributed by atoms with Crippen LogP contribution in [0.25, 0.3) is 0 Å². The van der Waals surface area contributed by atoms with E-state index in [-0.39, 0.29) is 11.7 Å². The van der Waals surface area contributed by atoms with Crippen LogP contribution in [0.1, 0.15) is 11.7 Å². The Morgan fingerprint density at radius 2 is 2.00 bits per heavy atom. The minimum absolute atomic E-state index is 0.166. The van der Waals surface area contributed by atoms with Gasteiger partial charge in [0.1, 0.15) is 17.9 Å². The molecule has 1 aliphatic rings. The van der Waals surface area contributed by atoms with Crippen molar-refractivity contribution in [3.05, 3.63) is 29.8 Å². The minimum Gasteiger partial charge on any atom is -0.508 e. The van der Waals surface area contributed by atoms with Crippen molar-refractivity contribution in [2.75, 3.05) is 0 Å². The van der Waals surface area contributed by atoms with Crippen molar-refractivity contribution in [2.45, 2.75) is 12.1 Å². The normalized spacial score (nSPS) is 26.2. The van der Waals surface area contributed by atoms with Crippen LogP contribution in [0, 0.1) is 0 Å². The first kappa shape index (κ1) is 8.98. The molecule has 1 heterocycles. The number of rotatable bonds is 1. The quantitative estimate of drug-likeness (QED) is 0.579. The van der Waals surface area contributed by atoms with Gasteiger partial charge in [0.05, 0.1) is 0 Å². The first-order chi connectivity index (χ1) is 6.68. The highest BCUT2D eigenvalue weighted by Gasteiger charge is 2.34. The molecule has 0 radical (unpaired) electrons. The number of benzene rings is 1. The second kappa shape index (κ2) is 3.28. The Morgan fingerprint density at radius 3 is 2.50 bits per heavy atom. The van der Waals surface area contributed by atoms with Crippen molar-refractivity contribution in [1.29, 1.82) is 0 Å². The van der Waals surface area contributed by atoms with Gasteiger partial charge in [-0.25, -0.2) is 5.48 Å². The lowest BCUT2D eigenvalue weighted by molar-refractivity contribution is -0.125. The van der Waals surface area contributed by atoms with E-state index in [1.807, 2.05) is 0 Å². The Kier molecular flexibility index (Phi) is 2.11. The monoisotopic (exact) mass is 194 g/mol. The van der Waals surface area contributed by atoms with Crippen molar-refractivity contribution < 1.29 is 14.7 Å². The summed E-state index contributed by atoms with van der Waals surface area (Å²) < 4.78 is 0.